The van der Waals surface area contributed by atoms with Gasteiger partial charge in [-0.1, -0.05) is 0 Å². The fourth-order valence-electron chi connectivity index (χ4n) is 1.03. The van der Waals surface area contributed by atoms with E-state index in [4.69, 9.17) is 0 Å². The zero-order valence-corrected chi connectivity index (χ0v) is 10.8. The van der Waals surface area contributed by atoms with Gasteiger partial charge in [0.05, 0.1) is 0 Å². The Hall–Kier alpha value is 0.153. The van der Waals surface area contributed by atoms with Crippen LogP contribution in [0.4, 0.5) is 0 Å². The van der Waals surface area contributed by atoms with Crippen molar-refractivity contribution >= 4 is 3.53 Å². The van der Waals surface area contributed by atoms with Crippen LogP contribution in [0.3, 0.4) is 0 Å². The van der Waals surface area contributed by atoms with Crippen molar-refractivity contribution in [3.05, 3.63) is 33.9 Å². The molecule has 1 aliphatic rings. The molecule has 0 fully saturated rings. The van der Waals surface area contributed by atoms with Gasteiger partial charge in [-0.25, -0.2) is 0 Å². The molecule has 0 amide bonds. The third-order valence-corrected chi connectivity index (χ3v) is 4.50. The number of H-pyrrole nitrogens is 1. The molecule has 2 nitrogen and oxygen atoms in total. The summed E-state index contributed by atoms with van der Waals surface area (Å²) >= 11 is -0.534. The number of nitrogens with zero attached hydrogens (tertiary/aromatic N) is 1. The van der Waals surface area contributed by atoms with E-state index in [9.17, 15) is 0 Å². The first-order chi connectivity index (χ1) is 5.45. The van der Waals surface area contributed by atoms with Gasteiger partial charge >= 0.3 is 77.1 Å². The molecule has 1 N–H and O–H groups in total. The Morgan fingerprint density at radius 2 is 2.23 bits per heavy atom. The average Bonchev–Trinajstić information content (AvgIpc) is 2.60. The van der Waals surface area contributed by atoms with Gasteiger partial charge in [0, 0.05) is 0 Å². The van der Waals surface area contributed by atoms with Crippen LogP contribution < -0.4 is 28.3 Å². The Morgan fingerprint density at radius 1 is 1.38 bits per heavy atom. The van der Waals surface area contributed by atoms with Gasteiger partial charge in [0.1, 0.15) is 0 Å². The van der Waals surface area contributed by atoms with Gasteiger partial charge in [-0.3, -0.25) is 0 Å². The van der Waals surface area contributed by atoms with Crippen LogP contribution in [0, 0.1) is 0 Å². The molecule has 0 aromatic carbocycles. The summed E-state index contributed by atoms with van der Waals surface area (Å²) in [5, 5.41) is 0. The van der Waals surface area contributed by atoms with Crippen LogP contribution in [-0.2, 0) is 23.2 Å². The largest absolute Gasteiger partial charge is 1.00 e. The molecular formula is C8H8Cl2N2Zr. The van der Waals surface area contributed by atoms with Crippen molar-refractivity contribution < 1.29 is 48.0 Å². The second-order valence-corrected chi connectivity index (χ2v) is 5.74. The third kappa shape index (κ3) is 3.80. The van der Waals surface area contributed by atoms with E-state index in [2.05, 4.69) is 28.2 Å². The molecule has 0 unspecified atom stereocenters. The zero-order chi connectivity index (χ0) is 7.52. The summed E-state index contributed by atoms with van der Waals surface area (Å²) in [6, 6.07) is 0. The summed E-state index contributed by atoms with van der Waals surface area (Å²) in [6.45, 7) is 0. The maximum atomic E-state index is 4.23. The minimum Gasteiger partial charge on any atom is -1.00 e. The molecule has 1 heterocycles. The summed E-state index contributed by atoms with van der Waals surface area (Å²) in [4.78, 5) is 7.39. The van der Waals surface area contributed by atoms with Crippen LogP contribution in [0.1, 0.15) is 6.42 Å². The SMILES string of the molecule is C1=CC[C]([Zr+2][c]2ncc[nH]2)=C1.[Cl-].[Cl-]. The maximum absolute atomic E-state index is 4.23. The number of imidazole rings is 1. The molecule has 5 heteroatoms. The fourth-order valence-corrected chi connectivity index (χ4v) is 3.48. The smallest absolute Gasteiger partial charge is 1.00 e. The van der Waals surface area contributed by atoms with Crippen molar-refractivity contribution in [2.24, 2.45) is 0 Å². The molecule has 0 saturated carbocycles. The molecule has 0 atom stereocenters. The Balaban J connectivity index is 0.000000720. The van der Waals surface area contributed by atoms with Gasteiger partial charge in [0.15, 0.2) is 0 Å². The Labute approximate surface area is 101 Å². The molecule has 1 aliphatic carbocycles. The standard InChI is InChI=1S/C5H5.C3H3N2.2ClH.Zr/c1-2-4-5-3-1;1-2-5-3-4-1;;;/h1-3H,4H2;1-2H,(H,4,5);2*1H;/q;;;;+2/p-2. The van der Waals surface area contributed by atoms with Gasteiger partial charge in [0.2, 0.25) is 0 Å². The molecule has 0 saturated heterocycles. The topological polar surface area (TPSA) is 28.7 Å². The van der Waals surface area contributed by atoms with Crippen LogP contribution in [0.2, 0.25) is 0 Å². The molecule has 0 radical (unpaired) electrons. The van der Waals surface area contributed by atoms with Crippen LogP contribution >= 0.6 is 0 Å². The number of aromatic nitrogens is 2. The van der Waals surface area contributed by atoms with E-state index in [0.717, 1.165) is 6.42 Å². The predicted molar refractivity (Wildman–Crippen MR) is 40.1 cm³/mol. The Kier molecular flexibility index (Phi) is 6.66. The minimum absolute atomic E-state index is 0. The van der Waals surface area contributed by atoms with E-state index in [1.807, 2.05) is 12.4 Å². The Morgan fingerprint density at radius 3 is 2.77 bits per heavy atom. The van der Waals surface area contributed by atoms with E-state index in [1.54, 1.807) is 3.28 Å². The molecule has 0 bridgehead atoms. The first-order valence-corrected chi connectivity index (χ1v) is 6.03. The number of hydrogen-bond acceptors (Lipinski definition) is 1. The van der Waals surface area contributed by atoms with Crippen LogP contribution in [0.25, 0.3) is 0 Å². The number of allylic oxidation sites excluding steroid dienone is 4. The summed E-state index contributed by atoms with van der Waals surface area (Å²) in [7, 11) is 0. The van der Waals surface area contributed by atoms with Gasteiger partial charge in [0.25, 0.3) is 0 Å². The fraction of sp³-hybridized carbons (Fsp3) is 0.125. The van der Waals surface area contributed by atoms with Crippen molar-refractivity contribution in [2.45, 2.75) is 6.42 Å². The van der Waals surface area contributed by atoms with E-state index < -0.39 is 23.2 Å². The molecule has 1 aromatic heterocycles. The molecular weight excluding hydrogens is 286 g/mol. The quantitative estimate of drug-likeness (QED) is 0.581. The summed E-state index contributed by atoms with van der Waals surface area (Å²) in [5.74, 6) is 0. The second-order valence-electron chi connectivity index (χ2n) is 2.39. The monoisotopic (exact) mass is 292 g/mol. The summed E-state index contributed by atoms with van der Waals surface area (Å²) in [5.41, 5.74) is 0. The van der Waals surface area contributed by atoms with Crippen molar-refractivity contribution in [1.29, 1.82) is 0 Å². The van der Waals surface area contributed by atoms with Crippen molar-refractivity contribution in [2.75, 3.05) is 0 Å². The molecule has 68 valence electrons. The number of nitrogens with one attached hydrogen (secondary N) is 1. The molecule has 0 spiro atoms. The van der Waals surface area contributed by atoms with Gasteiger partial charge < -0.3 is 24.8 Å². The number of hydrogen-bond donors (Lipinski definition) is 1. The van der Waals surface area contributed by atoms with Crippen LogP contribution in [-0.4, -0.2) is 9.97 Å². The van der Waals surface area contributed by atoms with Crippen LogP contribution in [0.15, 0.2) is 33.9 Å². The van der Waals surface area contributed by atoms with E-state index in [-0.39, 0.29) is 24.8 Å². The van der Waals surface area contributed by atoms with Gasteiger partial charge in [-0.05, 0) is 0 Å². The molecule has 2 rings (SSSR count). The first kappa shape index (κ1) is 13.2. The molecule has 1 aromatic rings. The van der Waals surface area contributed by atoms with Crippen molar-refractivity contribution in [1.82, 2.24) is 9.97 Å². The zero-order valence-electron chi connectivity index (χ0n) is 6.80. The first-order valence-electron chi connectivity index (χ1n) is 3.57. The third-order valence-electron chi connectivity index (χ3n) is 1.55. The van der Waals surface area contributed by atoms with E-state index >= 15 is 0 Å². The maximum Gasteiger partial charge on any atom is -1.00 e. The summed E-state index contributed by atoms with van der Waals surface area (Å²) < 4.78 is 2.83. The average molecular weight is 294 g/mol. The van der Waals surface area contributed by atoms with Gasteiger partial charge in [-0.15, -0.1) is 0 Å². The normalized spacial score (nSPS) is 12.5. The molecule has 0 aliphatic heterocycles. The second kappa shape index (κ2) is 6.58. The van der Waals surface area contributed by atoms with E-state index in [1.165, 1.54) is 3.53 Å². The van der Waals surface area contributed by atoms with Gasteiger partial charge in [-0.2, -0.15) is 0 Å². The van der Waals surface area contributed by atoms with Crippen molar-refractivity contribution in [3.63, 3.8) is 0 Å². The number of halogens is 2. The minimum atomic E-state index is -0.534. The van der Waals surface area contributed by atoms with Crippen LogP contribution in [0.5, 0.6) is 0 Å². The molecule has 13 heavy (non-hydrogen) atoms. The predicted octanol–water partition coefficient (Wildman–Crippen LogP) is -5.03. The van der Waals surface area contributed by atoms with E-state index in [0.29, 0.717) is 0 Å². The Bertz CT molecular complexity index is 293. The number of aromatic amines is 1. The summed E-state index contributed by atoms with van der Waals surface area (Å²) in [6.07, 6.45) is 11.5. The number of rotatable bonds is 2. The van der Waals surface area contributed by atoms with Crippen molar-refractivity contribution in [3.8, 4) is 0 Å².